The van der Waals surface area contributed by atoms with Crippen LogP contribution in [0.3, 0.4) is 0 Å². The van der Waals surface area contributed by atoms with E-state index in [1.807, 2.05) is 18.2 Å². The van der Waals surface area contributed by atoms with Crippen LogP contribution >= 0.6 is 11.6 Å². The van der Waals surface area contributed by atoms with Gasteiger partial charge in [0.15, 0.2) is 0 Å². The number of rotatable bonds is 4. The predicted molar refractivity (Wildman–Crippen MR) is 64.9 cm³/mol. The molecule has 1 heterocycles. The van der Waals surface area contributed by atoms with Crippen molar-refractivity contribution < 1.29 is 4.42 Å². The first-order valence-electron chi connectivity index (χ1n) is 5.15. The Bertz CT molecular complexity index is 468. The Labute approximate surface area is 99.5 Å². The Morgan fingerprint density at radius 2 is 2.25 bits per heavy atom. The fraction of sp³-hybridized carbons (Fsp3) is 0.250. The quantitative estimate of drug-likeness (QED) is 0.886. The van der Waals surface area contributed by atoms with E-state index in [1.54, 1.807) is 13.2 Å². The molecule has 2 rings (SSSR count). The lowest BCUT2D eigenvalue weighted by atomic mass is 10.1. The largest absolute Gasteiger partial charge is 0.429 e. The van der Waals surface area contributed by atoms with E-state index >= 15 is 0 Å². The van der Waals surface area contributed by atoms with Crippen LogP contribution in [0.5, 0.6) is 0 Å². The molecule has 4 heteroatoms. The van der Waals surface area contributed by atoms with Crippen LogP contribution in [0.4, 0.5) is 6.01 Å². The molecule has 0 spiro atoms. The lowest BCUT2D eigenvalue weighted by molar-refractivity contribution is 0.518. The molecule has 0 fully saturated rings. The van der Waals surface area contributed by atoms with E-state index in [-0.39, 0.29) is 0 Å². The number of nitrogens with zero attached hydrogens (tertiary/aromatic N) is 1. The first kappa shape index (κ1) is 11.0. The molecule has 0 radical (unpaired) electrons. The summed E-state index contributed by atoms with van der Waals surface area (Å²) in [6.45, 7) is 0. The van der Waals surface area contributed by atoms with Crippen LogP contribution in [-0.2, 0) is 12.8 Å². The molecule has 0 saturated carbocycles. The van der Waals surface area contributed by atoms with E-state index in [0.29, 0.717) is 6.01 Å². The number of halogens is 1. The van der Waals surface area contributed by atoms with Crippen LogP contribution in [0.1, 0.15) is 11.3 Å². The molecule has 84 valence electrons. The molecular formula is C12H13ClN2O. The van der Waals surface area contributed by atoms with E-state index in [1.165, 1.54) is 5.56 Å². The lowest BCUT2D eigenvalue weighted by Gasteiger charge is -1.99. The molecule has 0 bridgehead atoms. The minimum atomic E-state index is 0.557. The molecule has 0 aliphatic carbocycles. The Morgan fingerprint density at radius 1 is 1.38 bits per heavy atom. The van der Waals surface area contributed by atoms with Gasteiger partial charge in [-0.3, -0.25) is 0 Å². The molecule has 0 aliphatic rings. The number of hydrogen-bond acceptors (Lipinski definition) is 3. The molecule has 0 atom stereocenters. The number of aromatic nitrogens is 1. The van der Waals surface area contributed by atoms with Crippen molar-refractivity contribution in [1.82, 2.24) is 4.98 Å². The normalized spacial score (nSPS) is 10.4. The standard InChI is InChI=1S/C12H13ClN2O/c1-14-12-15-8-11(16-12)6-5-9-3-2-4-10(13)7-9/h2-4,7-8H,5-6H2,1H3,(H,14,15). The summed E-state index contributed by atoms with van der Waals surface area (Å²) in [5.41, 5.74) is 1.20. The summed E-state index contributed by atoms with van der Waals surface area (Å²) < 4.78 is 5.43. The molecule has 16 heavy (non-hydrogen) atoms. The van der Waals surface area contributed by atoms with Gasteiger partial charge in [-0.05, 0) is 24.1 Å². The fourth-order valence-corrected chi connectivity index (χ4v) is 1.71. The molecule has 1 N–H and O–H groups in total. The van der Waals surface area contributed by atoms with Gasteiger partial charge in [-0.2, -0.15) is 0 Å². The van der Waals surface area contributed by atoms with Crippen molar-refractivity contribution in [2.24, 2.45) is 0 Å². The topological polar surface area (TPSA) is 38.1 Å². The highest BCUT2D eigenvalue weighted by Gasteiger charge is 2.02. The van der Waals surface area contributed by atoms with Gasteiger partial charge in [-0.25, -0.2) is 4.98 Å². The second-order valence-corrected chi connectivity index (χ2v) is 3.95. The van der Waals surface area contributed by atoms with E-state index in [0.717, 1.165) is 23.6 Å². The number of hydrogen-bond donors (Lipinski definition) is 1. The summed E-state index contributed by atoms with van der Waals surface area (Å²) >= 11 is 5.91. The molecule has 3 nitrogen and oxygen atoms in total. The highest BCUT2D eigenvalue weighted by atomic mass is 35.5. The monoisotopic (exact) mass is 236 g/mol. The minimum Gasteiger partial charge on any atom is -0.429 e. The fourth-order valence-electron chi connectivity index (χ4n) is 1.50. The van der Waals surface area contributed by atoms with Crippen LogP contribution in [-0.4, -0.2) is 12.0 Å². The van der Waals surface area contributed by atoms with Gasteiger partial charge in [-0.15, -0.1) is 0 Å². The molecule has 0 unspecified atom stereocenters. The summed E-state index contributed by atoms with van der Waals surface area (Å²) in [5, 5.41) is 3.63. The maximum absolute atomic E-state index is 5.91. The Balaban J connectivity index is 1.96. The molecule has 0 saturated heterocycles. The summed E-state index contributed by atoms with van der Waals surface area (Å²) in [4.78, 5) is 4.06. The number of anilines is 1. The third-order valence-corrected chi connectivity index (χ3v) is 2.55. The summed E-state index contributed by atoms with van der Waals surface area (Å²) in [7, 11) is 1.78. The SMILES string of the molecule is CNc1ncc(CCc2cccc(Cl)c2)o1. The number of nitrogens with one attached hydrogen (secondary N) is 1. The summed E-state index contributed by atoms with van der Waals surface area (Å²) in [6, 6.07) is 8.41. The van der Waals surface area contributed by atoms with Crippen molar-refractivity contribution >= 4 is 17.6 Å². The lowest BCUT2D eigenvalue weighted by Crippen LogP contribution is -1.89. The highest BCUT2D eigenvalue weighted by molar-refractivity contribution is 6.30. The molecule has 2 aromatic rings. The van der Waals surface area contributed by atoms with Crippen molar-refractivity contribution in [3.05, 3.63) is 46.8 Å². The zero-order valence-electron chi connectivity index (χ0n) is 9.03. The maximum Gasteiger partial charge on any atom is 0.294 e. The Morgan fingerprint density at radius 3 is 2.94 bits per heavy atom. The molecule has 0 aliphatic heterocycles. The number of benzene rings is 1. The van der Waals surface area contributed by atoms with Gasteiger partial charge in [-0.1, -0.05) is 23.7 Å². The third-order valence-electron chi connectivity index (χ3n) is 2.32. The molecule has 1 aromatic heterocycles. The van der Waals surface area contributed by atoms with Crippen molar-refractivity contribution in [3.8, 4) is 0 Å². The summed E-state index contributed by atoms with van der Waals surface area (Å²) in [5.74, 6) is 0.879. The average Bonchev–Trinajstić information content (AvgIpc) is 2.74. The average molecular weight is 237 g/mol. The van der Waals surface area contributed by atoms with Crippen LogP contribution in [0, 0.1) is 0 Å². The van der Waals surface area contributed by atoms with Crippen LogP contribution in [0.2, 0.25) is 5.02 Å². The third kappa shape index (κ3) is 2.76. The summed E-state index contributed by atoms with van der Waals surface area (Å²) in [6.07, 6.45) is 3.48. The highest BCUT2D eigenvalue weighted by Crippen LogP contribution is 2.14. The molecule has 1 aromatic carbocycles. The van der Waals surface area contributed by atoms with Crippen LogP contribution in [0.25, 0.3) is 0 Å². The van der Waals surface area contributed by atoms with Gasteiger partial charge in [0.05, 0.1) is 6.20 Å². The first-order chi connectivity index (χ1) is 7.78. The Hall–Kier alpha value is -1.48. The van der Waals surface area contributed by atoms with E-state index in [4.69, 9.17) is 16.0 Å². The zero-order valence-corrected chi connectivity index (χ0v) is 9.79. The second-order valence-electron chi connectivity index (χ2n) is 3.51. The number of aryl methyl sites for hydroxylation is 2. The number of oxazole rings is 1. The van der Waals surface area contributed by atoms with Gasteiger partial charge in [0.1, 0.15) is 5.76 Å². The van der Waals surface area contributed by atoms with E-state index < -0.39 is 0 Å². The van der Waals surface area contributed by atoms with Gasteiger partial charge in [0.25, 0.3) is 6.01 Å². The molecule has 0 amide bonds. The second kappa shape index (κ2) is 5.03. The van der Waals surface area contributed by atoms with Crippen LogP contribution < -0.4 is 5.32 Å². The van der Waals surface area contributed by atoms with Gasteiger partial charge in [0, 0.05) is 18.5 Å². The molecular weight excluding hydrogens is 224 g/mol. The predicted octanol–water partition coefficient (Wildman–Crippen LogP) is 3.15. The smallest absolute Gasteiger partial charge is 0.294 e. The zero-order chi connectivity index (χ0) is 11.4. The van der Waals surface area contributed by atoms with E-state index in [2.05, 4.69) is 16.4 Å². The van der Waals surface area contributed by atoms with Crippen LogP contribution in [0.15, 0.2) is 34.9 Å². The van der Waals surface area contributed by atoms with Gasteiger partial charge < -0.3 is 9.73 Å². The maximum atomic E-state index is 5.91. The van der Waals surface area contributed by atoms with Crippen molar-refractivity contribution in [3.63, 3.8) is 0 Å². The van der Waals surface area contributed by atoms with Crippen molar-refractivity contribution in [1.29, 1.82) is 0 Å². The first-order valence-corrected chi connectivity index (χ1v) is 5.52. The Kier molecular flexibility index (Phi) is 3.47. The van der Waals surface area contributed by atoms with Gasteiger partial charge in [0.2, 0.25) is 0 Å². The minimum absolute atomic E-state index is 0.557. The van der Waals surface area contributed by atoms with Crippen molar-refractivity contribution in [2.75, 3.05) is 12.4 Å². The van der Waals surface area contributed by atoms with Gasteiger partial charge >= 0.3 is 0 Å². The van der Waals surface area contributed by atoms with E-state index in [9.17, 15) is 0 Å². The van der Waals surface area contributed by atoms with Crippen molar-refractivity contribution in [2.45, 2.75) is 12.8 Å².